The average molecular weight is 371 g/mol. The fraction of sp³-hybridized carbons (Fsp3) is 0.412. The second-order valence-corrected chi connectivity index (χ2v) is 7.15. The molecule has 3 aromatic heterocycles. The summed E-state index contributed by atoms with van der Waals surface area (Å²) in [5.41, 5.74) is 1.69. The number of nitrogens with one attached hydrogen (secondary N) is 1. The summed E-state index contributed by atoms with van der Waals surface area (Å²) in [4.78, 5) is 26.4. The van der Waals surface area contributed by atoms with Crippen LogP contribution in [-0.2, 0) is 13.5 Å². The summed E-state index contributed by atoms with van der Waals surface area (Å²) < 4.78 is 1.73. The predicted octanol–water partition coefficient (Wildman–Crippen LogP) is 2.34. The highest BCUT2D eigenvalue weighted by Crippen LogP contribution is 2.27. The van der Waals surface area contributed by atoms with Gasteiger partial charge in [-0.15, -0.1) is 11.3 Å². The summed E-state index contributed by atoms with van der Waals surface area (Å²) in [6.07, 6.45) is 4.25. The molecule has 0 radical (unpaired) electrons. The van der Waals surface area contributed by atoms with Gasteiger partial charge in [0.2, 0.25) is 0 Å². The van der Waals surface area contributed by atoms with Gasteiger partial charge in [0, 0.05) is 39.4 Å². The van der Waals surface area contributed by atoms with E-state index in [1.54, 1.807) is 22.3 Å². The zero-order valence-corrected chi connectivity index (χ0v) is 15.7. The van der Waals surface area contributed by atoms with Crippen LogP contribution in [0.2, 0.25) is 0 Å². The van der Waals surface area contributed by atoms with Crippen molar-refractivity contribution in [1.82, 2.24) is 24.6 Å². The van der Waals surface area contributed by atoms with E-state index in [9.17, 15) is 4.79 Å². The molecule has 1 fully saturated rings. The molecule has 4 heterocycles. The summed E-state index contributed by atoms with van der Waals surface area (Å²) in [5.74, 6) is 0.955. The molecule has 0 saturated carbocycles. The number of amides is 2. The van der Waals surface area contributed by atoms with Gasteiger partial charge < -0.3 is 15.1 Å². The largest absolute Gasteiger partial charge is 0.352 e. The van der Waals surface area contributed by atoms with Gasteiger partial charge in [-0.05, 0) is 17.9 Å². The maximum atomic E-state index is 12.6. The molecule has 1 aliphatic heterocycles. The van der Waals surface area contributed by atoms with Gasteiger partial charge in [-0.1, -0.05) is 6.92 Å². The van der Waals surface area contributed by atoms with Crippen molar-refractivity contribution < 1.29 is 4.79 Å². The molecule has 1 saturated heterocycles. The van der Waals surface area contributed by atoms with Crippen molar-refractivity contribution in [3.8, 4) is 0 Å². The molecule has 8 nitrogen and oxygen atoms in total. The Morgan fingerprint density at radius 2 is 2.08 bits per heavy atom. The standard InChI is InChI=1S/C17H21N7OS/c1-3-13-14(10-22(2)21-13)20-17(25)24-7-5-23(6-8-24)15-12-4-9-26-16(12)19-11-18-15/h4,9-11H,3,5-8H2,1-2H3,(H,20,25). The molecule has 1 N–H and O–H groups in total. The van der Waals surface area contributed by atoms with E-state index in [0.717, 1.165) is 46.9 Å². The molecular weight excluding hydrogens is 350 g/mol. The summed E-state index contributed by atoms with van der Waals surface area (Å²) >= 11 is 1.62. The molecule has 0 unspecified atom stereocenters. The minimum atomic E-state index is -0.0734. The molecule has 1 aliphatic rings. The predicted molar refractivity (Wildman–Crippen MR) is 103 cm³/mol. The molecular formula is C17H21N7OS. The van der Waals surface area contributed by atoms with Crippen LogP contribution >= 0.6 is 11.3 Å². The normalized spacial score (nSPS) is 14.8. The maximum Gasteiger partial charge on any atom is 0.322 e. The topological polar surface area (TPSA) is 79.2 Å². The lowest BCUT2D eigenvalue weighted by Crippen LogP contribution is -2.50. The van der Waals surface area contributed by atoms with Crippen molar-refractivity contribution in [2.75, 3.05) is 36.4 Å². The van der Waals surface area contributed by atoms with E-state index in [2.05, 4.69) is 31.3 Å². The Hall–Kier alpha value is -2.68. The third-order valence-electron chi connectivity index (χ3n) is 4.59. The number of hydrogen-bond acceptors (Lipinski definition) is 6. The quantitative estimate of drug-likeness (QED) is 0.764. The van der Waals surface area contributed by atoms with Crippen LogP contribution < -0.4 is 10.2 Å². The Balaban J connectivity index is 1.41. The number of rotatable bonds is 3. The van der Waals surface area contributed by atoms with Crippen LogP contribution in [0.4, 0.5) is 16.3 Å². The fourth-order valence-corrected chi connectivity index (χ4v) is 3.97. The van der Waals surface area contributed by atoms with Crippen LogP contribution in [0.15, 0.2) is 24.0 Å². The number of fused-ring (bicyclic) bond motifs is 1. The van der Waals surface area contributed by atoms with Crippen LogP contribution in [0.3, 0.4) is 0 Å². The number of hydrogen-bond donors (Lipinski definition) is 1. The van der Waals surface area contributed by atoms with Crippen molar-refractivity contribution >= 4 is 39.1 Å². The van der Waals surface area contributed by atoms with Crippen LogP contribution in [-0.4, -0.2) is 56.9 Å². The third-order valence-corrected chi connectivity index (χ3v) is 5.41. The Bertz CT molecular complexity index is 926. The van der Waals surface area contributed by atoms with Crippen LogP contribution in [0, 0.1) is 0 Å². The minimum Gasteiger partial charge on any atom is -0.352 e. The molecule has 9 heteroatoms. The van der Waals surface area contributed by atoms with Crippen LogP contribution in [0.25, 0.3) is 10.2 Å². The fourth-order valence-electron chi connectivity index (χ4n) is 3.24. The second-order valence-electron chi connectivity index (χ2n) is 6.26. The van der Waals surface area contributed by atoms with Gasteiger partial charge in [-0.2, -0.15) is 5.10 Å². The molecule has 0 aliphatic carbocycles. The summed E-state index contributed by atoms with van der Waals surface area (Å²) in [5, 5.41) is 10.5. The molecule has 0 spiro atoms. The lowest BCUT2D eigenvalue weighted by molar-refractivity contribution is 0.208. The van der Waals surface area contributed by atoms with Gasteiger partial charge in [0.1, 0.15) is 17.0 Å². The van der Waals surface area contributed by atoms with Gasteiger partial charge in [0.15, 0.2) is 0 Å². The van der Waals surface area contributed by atoms with Crippen LogP contribution in [0.5, 0.6) is 0 Å². The second kappa shape index (κ2) is 6.91. The zero-order valence-electron chi connectivity index (χ0n) is 14.8. The number of carbonyl (C=O) groups excluding carboxylic acids is 1. The van der Waals surface area contributed by atoms with E-state index in [4.69, 9.17) is 0 Å². The van der Waals surface area contributed by atoms with E-state index in [-0.39, 0.29) is 6.03 Å². The van der Waals surface area contributed by atoms with E-state index in [1.807, 2.05) is 30.4 Å². The number of carbonyl (C=O) groups is 1. The maximum absolute atomic E-state index is 12.6. The number of piperazine rings is 1. The van der Waals surface area contributed by atoms with Gasteiger partial charge in [0.05, 0.1) is 16.8 Å². The lowest BCUT2D eigenvalue weighted by Gasteiger charge is -2.35. The molecule has 136 valence electrons. The highest BCUT2D eigenvalue weighted by Gasteiger charge is 2.24. The Morgan fingerprint density at radius 3 is 2.85 bits per heavy atom. The number of nitrogens with zero attached hydrogens (tertiary/aromatic N) is 6. The molecule has 3 aromatic rings. The average Bonchev–Trinajstić information content (AvgIpc) is 3.27. The van der Waals surface area contributed by atoms with Crippen molar-refractivity contribution in [3.63, 3.8) is 0 Å². The number of anilines is 2. The Labute approximate surface area is 155 Å². The summed E-state index contributed by atoms with van der Waals surface area (Å²) in [6, 6.07) is 1.99. The molecule has 0 atom stereocenters. The van der Waals surface area contributed by atoms with Gasteiger partial charge in [-0.3, -0.25) is 4.68 Å². The van der Waals surface area contributed by atoms with E-state index >= 15 is 0 Å². The molecule has 0 bridgehead atoms. The van der Waals surface area contributed by atoms with Crippen molar-refractivity contribution in [1.29, 1.82) is 0 Å². The number of aromatic nitrogens is 4. The molecule has 4 rings (SSSR count). The summed E-state index contributed by atoms with van der Waals surface area (Å²) in [6.45, 7) is 4.85. The number of thiophene rings is 1. The van der Waals surface area contributed by atoms with Gasteiger partial charge in [0.25, 0.3) is 0 Å². The highest BCUT2D eigenvalue weighted by atomic mass is 32.1. The van der Waals surface area contributed by atoms with Crippen molar-refractivity contribution in [3.05, 3.63) is 29.7 Å². The Kier molecular flexibility index (Phi) is 4.46. The van der Waals surface area contributed by atoms with Gasteiger partial charge in [-0.25, -0.2) is 14.8 Å². The SMILES string of the molecule is CCc1nn(C)cc1NC(=O)N1CCN(c2ncnc3sccc23)CC1. The van der Waals surface area contributed by atoms with E-state index in [1.165, 1.54) is 0 Å². The minimum absolute atomic E-state index is 0.0734. The summed E-state index contributed by atoms with van der Waals surface area (Å²) in [7, 11) is 1.86. The first-order valence-corrected chi connectivity index (χ1v) is 9.55. The zero-order chi connectivity index (χ0) is 18.1. The molecule has 26 heavy (non-hydrogen) atoms. The van der Waals surface area contributed by atoms with E-state index < -0.39 is 0 Å². The monoisotopic (exact) mass is 371 g/mol. The van der Waals surface area contributed by atoms with Gasteiger partial charge >= 0.3 is 6.03 Å². The third kappa shape index (κ3) is 3.10. The first kappa shape index (κ1) is 16.8. The molecule has 2 amide bonds. The first-order valence-electron chi connectivity index (χ1n) is 8.67. The first-order chi connectivity index (χ1) is 12.7. The highest BCUT2D eigenvalue weighted by molar-refractivity contribution is 7.16. The Morgan fingerprint density at radius 1 is 1.27 bits per heavy atom. The van der Waals surface area contributed by atoms with Crippen LogP contribution in [0.1, 0.15) is 12.6 Å². The lowest BCUT2D eigenvalue weighted by atomic mass is 10.2. The number of urea groups is 1. The molecule has 0 aromatic carbocycles. The smallest absolute Gasteiger partial charge is 0.322 e. The van der Waals surface area contributed by atoms with Crippen molar-refractivity contribution in [2.24, 2.45) is 7.05 Å². The number of aryl methyl sites for hydroxylation is 2. The van der Waals surface area contributed by atoms with Crippen molar-refractivity contribution in [2.45, 2.75) is 13.3 Å². The van der Waals surface area contributed by atoms with E-state index in [0.29, 0.717) is 13.1 Å².